The highest BCUT2D eigenvalue weighted by atomic mass is 19.1. The lowest BCUT2D eigenvalue weighted by molar-refractivity contribution is 0.114. The Morgan fingerprint density at radius 3 is 2.79 bits per heavy atom. The lowest BCUT2D eigenvalue weighted by Crippen LogP contribution is -2.40. The molecule has 0 amide bonds. The second-order valence-electron chi connectivity index (χ2n) is 5.40. The molecule has 1 aliphatic rings. The van der Waals surface area contributed by atoms with E-state index in [4.69, 9.17) is 0 Å². The van der Waals surface area contributed by atoms with Crippen molar-refractivity contribution in [2.45, 2.75) is 57.2 Å². The van der Waals surface area contributed by atoms with Crippen LogP contribution in [-0.4, -0.2) is 22.4 Å². The molecule has 3 unspecified atom stereocenters. The van der Waals surface area contributed by atoms with Gasteiger partial charge in [-0.2, -0.15) is 0 Å². The molecule has 19 heavy (non-hydrogen) atoms. The predicted molar refractivity (Wildman–Crippen MR) is 72.5 cm³/mol. The van der Waals surface area contributed by atoms with Crippen LogP contribution in [0.1, 0.15) is 50.6 Å². The summed E-state index contributed by atoms with van der Waals surface area (Å²) in [5, 5.41) is 23.2. The average molecular weight is 267 g/mol. The summed E-state index contributed by atoms with van der Waals surface area (Å²) in [6, 6.07) is 3.78. The van der Waals surface area contributed by atoms with Crippen molar-refractivity contribution in [3.63, 3.8) is 0 Å². The zero-order valence-electron chi connectivity index (χ0n) is 11.3. The van der Waals surface area contributed by atoms with Gasteiger partial charge in [-0.05, 0) is 38.0 Å². The van der Waals surface area contributed by atoms with E-state index in [1.165, 1.54) is 18.2 Å². The Hall–Kier alpha value is -1.13. The van der Waals surface area contributed by atoms with E-state index in [-0.39, 0.29) is 29.8 Å². The Labute approximate surface area is 113 Å². The fourth-order valence-corrected chi connectivity index (χ4v) is 2.77. The quantitative estimate of drug-likeness (QED) is 0.738. The summed E-state index contributed by atoms with van der Waals surface area (Å²) in [5.41, 5.74) is 0.538. The molecule has 106 valence electrons. The van der Waals surface area contributed by atoms with Gasteiger partial charge >= 0.3 is 0 Å². The van der Waals surface area contributed by atoms with Crippen molar-refractivity contribution in [3.05, 3.63) is 29.6 Å². The van der Waals surface area contributed by atoms with Gasteiger partial charge in [-0.1, -0.05) is 19.3 Å². The van der Waals surface area contributed by atoms with Crippen molar-refractivity contribution in [1.82, 2.24) is 5.32 Å². The molecule has 0 aromatic heterocycles. The van der Waals surface area contributed by atoms with E-state index in [1.54, 1.807) is 0 Å². The summed E-state index contributed by atoms with van der Waals surface area (Å²) in [7, 11) is 0. The molecule has 1 fully saturated rings. The van der Waals surface area contributed by atoms with Gasteiger partial charge in [-0.25, -0.2) is 4.39 Å². The number of rotatable bonds is 3. The van der Waals surface area contributed by atoms with Crippen molar-refractivity contribution in [2.24, 2.45) is 0 Å². The Bertz CT molecular complexity index is 425. The van der Waals surface area contributed by atoms with Crippen LogP contribution in [0.5, 0.6) is 5.75 Å². The zero-order valence-corrected chi connectivity index (χ0v) is 11.3. The molecule has 0 heterocycles. The third-order valence-corrected chi connectivity index (χ3v) is 3.90. The highest BCUT2D eigenvalue weighted by Crippen LogP contribution is 2.27. The van der Waals surface area contributed by atoms with Crippen LogP contribution in [0.3, 0.4) is 0 Å². The van der Waals surface area contributed by atoms with Crippen LogP contribution < -0.4 is 5.32 Å². The SMILES string of the molecule is CC(NC1CCCCCC1O)c1cc(F)ccc1O. The molecule has 1 aromatic rings. The van der Waals surface area contributed by atoms with E-state index >= 15 is 0 Å². The molecule has 0 saturated heterocycles. The van der Waals surface area contributed by atoms with Crippen LogP contribution in [0.2, 0.25) is 0 Å². The molecule has 1 aliphatic carbocycles. The summed E-state index contributed by atoms with van der Waals surface area (Å²) in [4.78, 5) is 0. The molecule has 1 saturated carbocycles. The van der Waals surface area contributed by atoms with Crippen LogP contribution in [0.4, 0.5) is 4.39 Å². The van der Waals surface area contributed by atoms with Crippen LogP contribution in [0.15, 0.2) is 18.2 Å². The summed E-state index contributed by atoms with van der Waals surface area (Å²) in [5.74, 6) is -0.271. The fraction of sp³-hybridized carbons (Fsp3) is 0.600. The number of nitrogens with one attached hydrogen (secondary N) is 1. The molecule has 1 aromatic carbocycles. The second kappa shape index (κ2) is 6.35. The molecular weight excluding hydrogens is 245 g/mol. The molecule has 4 heteroatoms. The van der Waals surface area contributed by atoms with Crippen molar-refractivity contribution in [3.8, 4) is 5.75 Å². The lowest BCUT2D eigenvalue weighted by atomic mass is 10.0. The average Bonchev–Trinajstić information content (AvgIpc) is 2.58. The molecule has 3 N–H and O–H groups in total. The van der Waals surface area contributed by atoms with E-state index in [2.05, 4.69) is 5.32 Å². The largest absolute Gasteiger partial charge is 0.508 e. The maximum Gasteiger partial charge on any atom is 0.123 e. The van der Waals surface area contributed by atoms with Crippen molar-refractivity contribution in [1.29, 1.82) is 0 Å². The van der Waals surface area contributed by atoms with Crippen LogP contribution in [0, 0.1) is 5.82 Å². The minimum absolute atomic E-state index is 0.0140. The Morgan fingerprint density at radius 1 is 1.26 bits per heavy atom. The number of hydrogen-bond acceptors (Lipinski definition) is 3. The first-order valence-electron chi connectivity index (χ1n) is 7.00. The smallest absolute Gasteiger partial charge is 0.123 e. The van der Waals surface area contributed by atoms with Gasteiger partial charge in [-0.3, -0.25) is 0 Å². The van der Waals surface area contributed by atoms with Gasteiger partial charge in [0.25, 0.3) is 0 Å². The van der Waals surface area contributed by atoms with Crippen LogP contribution in [0.25, 0.3) is 0 Å². The minimum Gasteiger partial charge on any atom is -0.508 e. The first-order chi connectivity index (χ1) is 9.08. The summed E-state index contributed by atoms with van der Waals surface area (Å²) >= 11 is 0. The van der Waals surface area contributed by atoms with E-state index in [0.29, 0.717) is 5.56 Å². The molecule has 3 atom stereocenters. The topological polar surface area (TPSA) is 52.5 Å². The number of aliphatic hydroxyl groups excluding tert-OH is 1. The predicted octanol–water partition coefficient (Wildman–Crippen LogP) is 2.88. The van der Waals surface area contributed by atoms with Crippen molar-refractivity contribution < 1.29 is 14.6 Å². The highest BCUT2D eigenvalue weighted by molar-refractivity contribution is 5.34. The third-order valence-electron chi connectivity index (χ3n) is 3.90. The molecule has 3 nitrogen and oxygen atoms in total. The number of phenolic OH excluding ortho intramolecular Hbond substituents is 1. The number of hydrogen-bond donors (Lipinski definition) is 3. The Balaban J connectivity index is 2.06. The van der Waals surface area contributed by atoms with E-state index in [0.717, 1.165) is 32.1 Å². The van der Waals surface area contributed by atoms with Crippen molar-refractivity contribution in [2.75, 3.05) is 0 Å². The van der Waals surface area contributed by atoms with Gasteiger partial charge in [0, 0.05) is 17.6 Å². The number of phenols is 1. The summed E-state index contributed by atoms with van der Waals surface area (Å²) in [6.07, 6.45) is 4.66. The van der Waals surface area contributed by atoms with E-state index in [1.807, 2.05) is 6.92 Å². The summed E-state index contributed by atoms with van der Waals surface area (Å²) < 4.78 is 13.2. The molecular formula is C15H22FNO2. The highest BCUT2D eigenvalue weighted by Gasteiger charge is 2.24. The van der Waals surface area contributed by atoms with Crippen LogP contribution in [-0.2, 0) is 0 Å². The lowest BCUT2D eigenvalue weighted by Gasteiger charge is -2.26. The molecule has 0 radical (unpaired) electrons. The molecule has 0 spiro atoms. The molecule has 0 bridgehead atoms. The van der Waals surface area contributed by atoms with Gasteiger partial charge in [0.2, 0.25) is 0 Å². The molecule has 2 rings (SSSR count). The van der Waals surface area contributed by atoms with E-state index < -0.39 is 0 Å². The number of halogens is 1. The Kier molecular flexibility index (Phi) is 4.77. The van der Waals surface area contributed by atoms with Gasteiger partial charge in [0.1, 0.15) is 11.6 Å². The summed E-state index contributed by atoms with van der Waals surface area (Å²) in [6.45, 7) is 1.88. The number of aliphatic hydroxyl groups is 1. The van der Waals surface area contributed by atoms with E-state index in [9.17, 15) is 14.6 Å². The standard InChI is InChI=1S/C15H22FNO2/c1-10(12-9-11(16)7-8-14(12)18)17-13-5-3-2-4-6-15(13)19/h7-10,13,15,17-19H,2-6H2,1H3. The first kappa shape index (κ1) is 14.3. The zero-order chi connectivity index (χ0) is 13.8. The van der Waals surface area contributed by atoms with Gasteiger partial charge < -0.3 is 15.5 Å². The maximum atomic E-state index is 13.2. The Morgan fingerprint density at radius 2 is 2.00 bits per heavy atom. The third kappa shape index (κ3) is 3.67. The van der Waals surface area contributed by atoms with Gasteiger partial charge in [0.15, 0.2) is 0 Å². The van der Waals surface area contributed by atoms with Gasteiger partial charge in [0.05, 0.1) is 6.10 Å². The fourth-order valence-electron chi connectivity index (χ4n) is 2.77. The van der Waals surface area contributed by atoms with Gasteiger partial charge in [-0.15, -0.1) is 0 Å². The van der Waals surface area contributed by atoms with Crippen LogP contribution >= 0.6 is 0 Å². The number of benzene rings is 1. The maximum absolute atomic E-state index is 13.2. The molecule has 0 aliphatic heterocycles. The second-order valence-corrected chi connectivity index (χ2v) is 5.40. The van der Waals surface area contributed by atoms with Crippen molar-refractivity contribution >= 4 is 0 Å². The normalized spacial score (nSPS) is 25.8. The number of aromatic hydroxyl groups is 1. The minimum atomic E-state index is -0.361. The first-order valence-corrected chi connectivity index (χ1v) is 7.00. The monoisotopic (exact) mass is 267 g/mol.